The number of rotatable bonds is 6. The molecule has 3 rings (SSSR count). The molecule has 1 aliphatic carbocycles. The van der Waals surface area contributed by atoms with E-state index in [1.807, 2.05) is 24.3 Å². The monoisotopic (exact) mass is 340 g/mol. The number of ether oxygens (including phenoxy) is 1. The predicted molar refractivity (Wildman–Crippen MR) is 90.8 cm³/mol. The van der Waals surface area contributed by atoms with Gasteiger partial charge in [0, 0.05) is 12.5 Å². The smallest absolute Gasteiger partial charge is 0.223 e. The molecule has 3 N–H and O–H groups in total. The van der Waals surface area contributed by atoms with Crippen molar-refractivity contribution >= 4 is 18.3 Å². The lowest BCUT2D eigenvalue weighted by Gasteiger charge is -2.23. The Morgan fingerprint density at radius 1 is 1.30 bits per heavy atom. The van der Waals surface area contributed by atoms with Gasteiger partial charge in [0.25, 0.3) is 0 Å². The maximum absolute atomic E-state index is 12.3. The Kier molecular flexibility index (Phi) is 6.27. The second-order valence-electron chi connectivity index (χ2n) is 6.30. The van der Waals surface area contributed by atoms with Crippen LogP contribution in [0.1, 0.15) is 24.8 Å². The molecule has 1 unspecified atom stereocenters. The van der Waals surface area contributed by atoms with Crippen LogP contribution < -0.4 is 15.4 Å². The molecule has 6 heteroatoms. The molecular weight excluding hydrogens is 316 g/mol. The lowest BCUT2D eigenvalue weighted by molar-refractivity contribution is -0.123. The molecule has 1 aliphatic heterocycles. The van der Waals surface area contributed by atoms with Crippen LogP contribution in [-0.2, 0) is 11.3 Å². The highest BCUT2D eigenvalue weighted by Gasteiger charge is 2.57. The van der Waals surface area contributed by atoms with Crippen LogP contribution in [0, 0.1) is 11.3 Å². The number of aliphatic hydroxyl groups excluding tert-OH is 1. The molecule has 1 atom stereocenters. The zero-order chi connectivity index (χ0) is 15.4. The number of hydrogen-bond donors (Lipinski definition) is 3. The van der Waals surface area contributed by atoms with E-state index in [0.29, 0.717) is 13.2 Å². The number of amides is 1. The van der Waals surface area contributed by atoms with Crippen molar-refractivity contribution in [2.24, 2.45) is 11.3 Å². The first-order chi connectivity index (χ1) is 10.7. The average Bonchev–Trinajstić information content (AvgIpc) is 3.25. The fraction of sp³-hybridized carbons (Fsp3) is 0.588. The summed E-state index contributed by atoms with van der Waals surface area (Å²) in [4.78, 5) is 12.3. The van der Waals surface area contributed by atoms with E-state index in [1.165, 1.54) is 0 Å². The molecule has 1 heterocycles. The van der Waals surface area contributed by atoms with Gasteiger partial charge in [-0.2, -0.15) is 0 Å². The van der Waals surface area contributed by atoms with Gasteiger partial charge in [-0.25, -0.2) is 0 Å². The average molecular weight is 341 g/mol. The van der Waals surface area contributed by atoms with E-state index < -0.39 is 0 Å². The van der Waals surface area contributed by atoms with E-state index in [0.717, 1.165) is 43.7 Å². The van der Waals surface area contributed by atoms with Crippen molar-refractivity contribution in [1.29, 1.82) is 0 Å². The fourth-order valence-corrected chi connectivity index (χ4v) is 3.38. The third kappa shape index (κ3) is 4.37. The normalized spacial score (nSPS) is 21.3. The van der Waals surface area contributed by atoms with Crippen molar-refractivity contribution in [1.82, 2.24) is 10.6 Å². The van der Waals surface area contributed by atoms with Crippen molar-refractivity contribution < 1.29 is 14.6 Å². The topological polar surface area (TPSA) is 70.6 Å². The summed E-state index contributed by atoms with van der Waals surface area (Å²) in [5, 5.41) is 15.1. The van der Waals surface area contributed by atoms with Gasteiger partial charge in [0.2, 0.25) is 5.91 Å². The van der Waals surface area contributed by atoms with Crippen molar-refractivity contribution in [2.75, 3.05) is 26.3 Å². The Hall–Kier alpha value is -1.30. The van der Waals surface area contributed by atoms with E-state index in [4.69, 9.17) is 9.84 Å². The molecule has 1 saturated carbocycles. The Labute approximate surface area is 143 Å². The van der Waals surface area contributed by atoms with Gasteiger partial charge in [0.05, 0.1) is 6.61 Å². The number of carbonyl (C=O) groups is 1. The third-order valence-corrected chi connectivity index (χ3v) is 4.86. The minimum atomic E-state index is 0. The first kappa shape index (κ1) is 18.0. The first-order valence-electron chi connectivity index (χ1n) is 8.04. The second-order valence-corrected chi connectivity index (χ2v) is 6.30. The quantitative estimate of drug-likeness (QED) is 0.733. The van der Waals surface area contributed by atoms with Crippen LogP contribution in [0.4, 0.5) is 0 Å². The van der Waals surface area contributed by atoms with Gasteiger partial charge in [-0.1, -0.05) is 12.1 Å². The van der Waals surface area contributed by atoms with E-state index in [1.54, 1.807) is 0 Å². The summed E-state index contributed by atoms with van der Waals surface area (Å²) >= 11 is 0. The van der Waals surface area contributed by atoms with Crippen molar-refractivity contribution in [3.8, 4) is 5.75 Å². The van der Waals surface area contributed by atoms with Gasteiger partial charge in [-0.05, 0) is 55.5 Å². The van der Waals surface area contributed by atoms with E-state index >= 15 is 0 Å². The Balaban J connectivity index is 0.00000192. The standard InChI is InChI=1S/C17H24N2O3.ClH/c20-9-10-22-14-3-1-13(2-4-14)12-19-16(21)15-11-17(15)5-7-18-8-6-17;/h1-4,15,18,20H,5-12H2,(H,19,21);1H. The second kappa shape index (κ2) is 7.99. The Morgan fingerprint density at radius 3 is 2.65 bits per heavy atom. The minimum Gasteiger partial charge on any atom is -0.491 e. The number of carbonyl (C=O) groups excluding carboxylic acids is 1. The van der Waals surface area contributed by atoms with Crippen LogP contribution in [-0.4, -0.2) is 37.3 Å². The molecule has 1 aromatic carbocycles. The molecule has 0 radical (unpaired) electrons. The highest BCUT2D eigenvalue weighted by atomic mass is 35.5. The molecule has 128 valence electrons. The highest BCUT2D eigenvalue weighted by molar-refractivity contribution is 5.85. The van der Waals surface area contributed by atoms with Gasteiger partial charge < -0.3 is 20.5 Å². The molecule has 0 aromatic heterocycles. The van der Waals surface area contributed by atoms with E-state index in [9.17, 15) is 4.79 Å². The predicted octanol–water partition coefficient (Wildman–Crippen LogP) is 1.49. The van der Waals surface area contributed by atoms with Crippen LogP contribution in [0.2, 0.25) is 0 Å². The van der Waals surface area contributed by atoms with Crippen LogP contribution in [0.3, 0.4) is 0 Å². The maximum atomic E-state index is 12.3. The van der Waals surface area contributed by atoms with E-state index in [-0.39, 0.29) is 36.3 Å². The maximum Gasteiger partial charge on any atom is 0.223 e. The Bertz CT molecular complexity index is 515. The minimum absolute atomic E-state index is 0. The van der Waals surface area contributed by atoms with Crippen LogP contribution in [0.25, 0.3) is 0 Å². The number of benzene rings is 1. The number of hydrogen-bond acceptors (Lipinski definition) is 4. The molecule has 2 fully saturated rings. The fourth-order valence-electron chi connectivity index (χ4n) is 3.38. The molecule has 1 spiro atoms. The SMILES string of the molecule is Cl.O=C(NCc1ccc(OCCO)cc1)C1CC12CCNCC2. The largest absolute Gasteiger partial charge is 0.491 e. The lowest BCUT2D eigenvalue weighted by atomic mass is 9.92. The highest BCUT2D eigenvalue weighted by Crippen LogP contribution is 2.58. The van der Waals surface area contributed by atoms with Crippen LogP contribution in [0.5, 0.6) is 5.75 Å². The molecule has 5 nitrogen and oxygen atoms in total. The van der Waals surface area contributed by atoms with Crippen LogP contribution >= 0.6 is 12.4 Å². The van der Waals surface area contributed by atoms with Crippen LogP contribution in [0.15, 0.2) is 24.3 Å². The number of halogens is 1. The van der Waals surface area contributed by atoms with Gasteiger partial charge >= 0.3 is 0 Å². The zero-order valence-electron chi connectivity index (χ0n) is 13.2. The van der Waals surface area contributed by atoms with Gasteiger partial charge in [-0.3, -0.25) is 4.79 Å². The summed E-state index contributed by atoms with van der Waals surface area (Å²) in [7, 11) is 0. The van der Waals surface area contributed by atoms with Gasteiger partial charge in [-0.15, -0.1) is 12.4 Å². The summed E-state index contributed by atoms with van der Waals surface area (Å²) in [6.45, 7) is 2.95. The first-order valence-corrected chi connectivity index (χ1v) is 8.04. The molecule has 1 aromatic rings. The van der Waals surface area contributed by atoms with E-state index in [2.05, 4.69) is 10.6 Å². The lowest BCUT2D eigenvalue weighted by Crippen LogP contribution is -2.33. The Morgan fingerprint density at radius 2 is 2.00 bits per heavy atom. The molecule has 2 aliphatic rings. The summed E-state index contributed by atoms with van der Waals surface area (Å²) in [6.07, 6.45) is 3.30. The molecule has 1 saturated heterocycles. The number of nitrogens with one attached hydrogen (secondary N) is 2. The number of aliphatic hydroxyl groups is 1. The molecule has 1 amide bonds. The van der Waals surface area contributed by atoms with Gasteiger partial charge in [0.1, 0.15) is 12.4 Å². The molecule has 23 heavy (non-hydrogen) atoms. The van der Waals surface area contributed by atoms with Crippen molar-refractivity contribution in [3.63, 3.8) is 0 Å². The van der Waals surface area contributed by atoms with Crippen molar-refractivity contribution in [2.45, 2.75) is 25.8 Å². The third-order valence-electron chi connectivity index (χ3n) is 4.86. The summed E-state index contributed by atoms with van der Waals surface area (Å²) in [6, 6.07) is 7.62. The summed E-state index contributed by atoms with van der Waals surface area (Å²) < 4.78 is 5.32. The molecular formula is C17H25ClN2O3. The zero-order valence-corrected chi connectivity index (χ0v) is 14.0. The molecule has 0 bridgehead atoms. The van der Waals surface area contributed by atoms with Crippen molar-refractivity contribution in [3.05, 3.63) is 29.8 Å². The van der Waals surface area contributed by atoms with Gasteiger partial charge in [0.15, 0.2) is 0 Å². The number of piperidine rings is 1. The summed E-state index contributed by atoms with van der Waals surface area (Å²) in [5.74, 6) is 1.14. The summed E-state index contributed by atoms with van der Waals surface area (Å²) in [5.41, 5.74) is 1.35.